The molecule has 2 rings (SSSR count). The van der Waals surface area contributed by atoms with E-state index in [1.165, 1.54) is 5.56 Å². The fraction of sp³-hybridized carbons (Fsp3) is 0.182. The average molecular weight is 232 g/mol. The van der Waals surface area contributed by atoms with Crippen molar-refractivity contribution >= 4 is 18.4 Å². The molecule has 0 saturated carbocycles. The van der Waals surface area contributed by atoms with Crippen molar-refractivity contribution in [3.63, 3.8) is 0 Å². The second kappa shape index (κ2) is 4.40. The molecule has 0 aliphatic rings. The molecule has 1 aromatic heterocycles. The average Bonchev–Trinajstić information content (AvgIpc) is 2.56. The first-order valence-corrected chi connectivity index (χ1v) is 5.33. The second-order valence-corrected chi connectivity index (χ2v) is 3.93. The van der Waals surface area contributed by atoms with E-state index in [1.807, 2.05) is 32.0 Å². The minimum absolute atomic E-state index is 0.501. The van der Waals surface area contributed by atoms with Gasteiger partial charge in [-0.2, -0.15) is 14.9 Å². The lowest BCUT2D eigenvalue weighted by Gasteiger charge is -1.96. The summed E-state index contributed by atoms with van der Waals surface area (Å²) in [7, 11) is 0. The van der Waals surface area contributed by atoms with Crippen LogP contribution < -0.4 is 0 Å². The van der Waals surface area contributed by atoms with Crippen LogP contribution in [0.25, 0.3) is 0 Å². The summed E-state index contributed by atoms with van der Waals surface area (Å²) in [5.74, 6) is 0.744. The Hall–Kier alpha value is -1.75. The molecule has 0 spiro atoms. The van der Waals surface area contributed by atoms with Crippen LogP contribution in [0.3, 0.4) is 0 Å². The molecule has 4 nitrogen and oxygen atoms in total. The Kier molecular flexibility index (Phi) is 2.96. The van der Waals surface area contributed by atoms with Crippen LogP contribution in [-0.4, -0.2) is 21.1 Å². The van der Waals surface area contributed by atoms with E-state index >= 15 is 0 Å². The molecular weight excluding hydrogens is 220 g/mol. The Morgan fingerprint density at radius 3 is 2.88 bits per heavy atom. The zero-order valence-corrected chi connectivity index (χ0v) is 9.95. The first kappa shape index (κ1) is 10.8. The SMILES string of the molecule is Cc1cccc(C=Nn2c(C)n[nH]c2=S)c1. The van der Waals surface area contributed by atoms with E-state index < -0.39 is 0 Å². The molecule has 16 heavy (non-hydrogen) atoms. The molecule has 1 N–H and O–H groups in total. The number of hydrogen-bond donors (Lipinski definition) is 1. The predicted octanol–water partition coefficient (Wildman–Crippen LogP) is 2.44. The van der Waals surface area contributed by atoms with E-state index in [0.717, 1.165) is 11.4 Å². The van der Waals surface area contributed by atoms with E-state index in [-0.39, 0.29) is 0 Å². The zero-order chi connectivity index (χ0) is 11.5. The fourth-order valence-corrected chi connectivity index (χ4v) is 1.61. The third kappa shape index (κ3) is 2.25. The van der Waals surface area contributed by atoms with Crippen molar-refractivity contribution in [3.8, 4) is 0 Å². The topological polar surface area (TPSA) is 46.0 Å². The summed E-state index contributed by atoms with van der Waals surface area (Å²) in [6.45, 7) is 3.89. The van der Waals surface area contributed by atoms with E-state index in [2.05, 4.69) is 21.4 Å². The smallest absolute Gasteiger partial charge is 0.216 e. The summed E-state index contributed by atoms with van der Waals surface area (Å²) >= 11 is 5.05. The van der Waals surface area contributed by atoms with Crippen molar-refractivity contribution in [3.05, 3.63) is 46.0 Å². The van der Waals surface area contributed by atoms with Gasteiger partial charge in [0.05, 0.1) is 6.21 Å². The number of aromatic amines is 1. The van der Waals surface area contributed by atoms with E-state index in [9.17, 15) is 0 Å². The molecule has 1 heterocycles. The van der Waals surface area contributed by atoms with E-state index in [4.69, 9.17) is 12.2 Å². The van der Waals surface area contributed by atoms with E-state index in [0.29, 0.717) is 4.77 Å². The summed E-state index contributed by atoms with van der Waals surface area (Å²) in [6.07, 6.45) is 1.77. The van der Waals surface area contributed by atoms with Crippen molar-refractivity contribution in [1.82, 2.24) is 14.9 Å². The lowest BCUT2D eigenvalue weighted by Crippen LogP contribution is -1.93. The van der Waals surface area contributed by atoms with Gasteiger partial charge in [-0.1, -0.05) is 29.8 Å². The predicted molar refractivity (Wildman–Crippen MR) is 66.3 cm³/mol. The van der Waals surface area contributed by atoms with Gasteiger partial charge in [0.2, 0.25) is 4.77 Å². The Labute approximate surface area is 98.6 Å². The Bertz CT molecular complexity index is 580. The van der Waals surface area contributed by atoms with Crippen LogP contribution in [0.4, 0.5) is 0 Å². The van der Waals surface area contributed by atoms with Gasteiger partial charge in [0.25, 0.3) is 0 Å². The van der Waals surface area contributed by atoms with E-state index in [1.54, 1.807) is 10.9 Å². The van der Waals surface area contributed by atoms with Crippen LogP contribution in [-0.2, 0) is 0 Å². The van der Waals surface area contributed by atoms with Crippen molar-refractivity contribution < 1.29 is 0 Å². The molecule has 0 aliphatic heterocycles. The highest BCUT2D eigenvalue weighted by atomic mass is 32.1. The van der Waals surface area contributed by atoms with Crippen LogP contribution in [0.1, 0.15) is 17.0 Å². The number of aromatic nitrogens is 3. The largest absolute Gasteiger partial charge is 0.250 e. The molecule has 0 bridgehead atoms. The molecule has 0 radical (unpaired) electrons. The van der Waals surface area contributed by atoms with Crippen molar-refractivity contribution in [2.24, 2.45) is 5.10 Å². The monoisotopic (exact) mass is 232 g/mol. The van der Waals surface area contributed by atoms with Gasteiger partial charge in [-0.3, -0.25) is 5.10 Å². The standard InChI is InChI=1S/C11H12N4S/c1-8-4-3-5-10(6-8)7-12-15-9(2)13-14-11(15)16/h3-7H,1-2H3,(H,14,16). The molecule has 5 heteroatoms. The molecule has 0 fully saturated rings. The highest BCUT2D eigenvalue weighted by Gasteiger charge is 1.96. The number of H-pyrrole nitrogens is 1. The summed E-state index contributed by atoms with van der Waals surface area (Å²) in [6, 6.07) is 8.10. The first-order valence-electron chi connectivity index (χ1n) is 4.92. The van der Waals surface area contributed by atoms with Crippen LogP contribution in [0.5, 0.6) is 0 Å². The van der Waals surface area contributed by atoms with Gasteiger partial charge in [0.15, 0.2) is 0 Å². The molecular formula is C11H12N4S. The van der Waals surface area contributed by atoms with Gasteiger partial charge in [-0.05, 0) is 31.6 Å². The van der Waals surface area contributed by atoms with Crippen LogP contribution >= 0.6 is 12.2 Å². The molecule has 1 aromatic carbocycles. The van der Waals surface area contributed by atoms with Crippen LogP contribution in [0, 0.1) is 18.6 Å². The minimum Gasteiger partial charge on any atom is -0.250 e. The number of aryl methyl sites for hydroxylation is 2. The summed E-state index contributed by atoms with van der Waals surface area (Å²) in [4.78, 5) is 0. The molecule has 0 unspecified atom stereocenters. The summed E-state index contributed by atoms with van der Waals surface area (Å²) in [5.41, 5.74) is 2.25. The lowest BCUT2D eigenvalue weighted by atomic mass is 10.2. The van der Waals surface area contributed by atoms with Crippen molar-refractivity contribution in [2.75, 3.05) is 0 Å². The van der Waals surface area contributed by atoms with Gasteiger partial charge < -0.3 is 0 Å². The number of nitrogens with one attached hydrogen (secondary N) is 1. The van der Waals surface area contributed by atoms with Gasteiger partial charge >= 0.3 is 0 Å². The van der Waals surface area contributed by atoms with Crippen molar-refractivity contribution in [1.29, 1.82) is 0 Å². The van der Waals surface area contributed by atoms with Gasteiger partial charge in [0.1, 0.15) is 5.82 Å². The molecule has 0 saturated heterocycles. The Balaban J connectivity index is 2.32. The summed E-state index contributed by atoms with van der Waals surface area (Å²) < 4.78 is 2.10. The highest BCUT2D eigenvalue weighted by Crippen LogP contribution is 2.02. The molecule has 0 amide bonds. The quantitative estimate of drug-likeness (QED) is 0.638. The Morgan fingerprint density at radius 2 is 2.25 bits per heavy atom. The van der Waals surface area contributed by atoms with Gasteiger partial charge in [-0.25, -0.2) is 0 Å². The number of hydrogen-bond acceptors (Lipinski definition) is 3. The van der Waals surface area contributed by atoms with Gasteiger partial charge in [-0.15, -0.1) is 0 Å². The number of rotatable bonds is 2. The van der Waals surface area contributed by atoms with Crippen LogP contribution in [0.2, 0.25) is 0 Å². The number of nitrogens with zero attached hydrogens (tertiary/aromatic N) is 3. The molecule has 82 valence electrons. The molecule has 2 aromatic rings. The molecule has 0 atom stereocenters. The normalized spacial score (nSPS) is 11.1. The number of benzene rings is 1. The van der Waals surface area contributed by atoms with Gasteiger partial charge in [0, 0.05) is 0 Å². The zero-order valence-electron chi connectivity index (χ0n) is 9.14. The lowest BCUT2D eigenvalue weighted by molar-refractivity contribution is 0.821. The highest BCUT2D eigenvalue weighted by molar-refractivity contribution is 7.71. The first-order chi connectivity index (χ1) is 7.66. The van der Waals surface area contributed by atoms with Crippen molar-refractivity contribution in [2.45, 2.75) is 13.8 Å². The summed E-state index contributed by atoms with van der Waals surface area (Å²) in [5, 5.41) is 10.9. The third-order valence-corrected chi connectivity index (χ3v) is 2.44. The maximum Gasteiger partial charge on any atom is 0.216 e. The maximum atomic E-state index is 5.05. The molecule has 0 aliphatic carbocycles. The second-order valence-electron chi connectivity index (χ2n) is 3.55. The minimum atomic E-state index is 0.501. The maximum absolute atomic E-state index is 5.05. The Morgan fingerprint density at radius 1 is 1.44 bits per heavy atom. The van der Waals surface area contributed by atoms with Crippen LogP contribution in [0.15, 0.2) is 29.4 Å². The fourth-order valence-electron chi connectivity index (χ4n) is 1.38. The third-order valence-electron chi connectivity index (χ3n) is 2.18.